The normalized spacial score (nSPS) is 12.5. The maximum absolute atomic E-state index is 6.39. The number of nitrogens with two attached hydrogens (primary N) is 1. The molecule has 0 aliphatic heterocycles. The molecular weight excluding hydrogens is 254 g/mol. The van der Waals surface area contributed by atoms with Gasteiger partial charge in [0.1, 0.15) is 5.75 Å². The van der Waals surface area contributed by atoms with Crippen molar-refractivity contribution < 1.29 is 4.74 Å². The van der Waals surface area contributed by atoms with Crippen LogP contribution in [0.3, 0.4) is 0 Å². The van der Waals surface area contributed by atoms with E-state index in [0.717, 1.165) is 16.2 Å². The van der Waals surface area contributed by atoms with Gasteiger partial charge < -0.3 is 10.5 Å². The van der Waals surface area contributed by atoms with Gasteiger partial charge in [0.15, 0.2) is 0 Å². The third kappa shape index (κ3) is 2.23. The quantitative estimate of drug-likeness (QED) is 0.781. The third-order valence-electron chi connectivity index (χ3n) is 3.23. The molecule has 0 aliphatic rings. The molecule has 0 radical (unpaired) electrons. The Morgan fingerprint density at radius 2 is 1.79 bits per heavy atom. The number of para-hydroxylation sites is 1. The van der Waals surface area contributed by atoms with Crippen LogP contribution < -0.4 is 10.5 Å². The maximum atomic E-state index is 6.39. The average Bonchev–Trinajstić information content (AvgIpc) is 2.90. The Labute approximate surface area is 116 Å². The van der Waals surface area contributed by atoms with Gasteiger partial charge in [-0.05, 0) is 23.6 Å². The van der Waals surface area contributed by atoms with E-state index in [0.29, 0.717) is 0 Å². The zero-order valence-electron chi connectivity index (χ0n) is 10.7. The first-order chi connectivity index (χ1) is 9.29. The molecule has 1 heterocycles. The lowest BCUT2D eigenvalue weighted by molar-refractivity contribution is 0.408. The smallest absolute Gasteiger partial charge is 0.124 e. The second-order valence-electron chi connectivity index (χ2n) is 4.41. The fraction of sp³-hybridized carbons (Fsp3) is 0.125. The van der Waals surface area contributed by atoms with Gasteiger partial charge in [0.05, 0.1) is 13.2 Å². The molecule has 3 heteroatoms. The van der Waals surface area contributed by atoms with E-state index >= 15 is 0 Å². The first-order valence-corrected chi connectivity index (χ1v) is 6.98. The average molecular weight is 269 g/mol. The highest BCUT2D eigenvalue weighted by Gasteiger charge is 2.15. The number of hydrogen-bond donors (Lipinski definition) is 1. The molecule has 0 fully saturated rings. The second kappa shape index (κ2) is 5.03. The largest absolute Gasteiger partial charge is 0.496 e. The molecular formula is C16H15NOS. The zero-order chi connectivity index (χ0) is 13.2. The maximum Gasteiger partial charge on any atom is 0.124 e. The van der Waals surface area contributed by atoms with E-state index in [9.17, 15) is 0 Å². The summed E-state index contributed by atoms with van der Waals surface area (Å²) >= 11 is 1.74. The fourth-order valence-corrected chi connectivity index (χ4v) is 3.32. The van der Waals surface area contributed by atoms with Crippen LogP contribution in [0.1, 0.15) is 16.5 Å². The molecule has 1 atom stereocenters. The molecule has 2 nitrogen and oxygen atoms in total. The van der Waals surface area contributed by atoms with Gasteiger partial charge in [-0.3, -0.25) is 0 Å². The third-order valence-corrected chi connectivity index (χ3v) is 4.42. The van der Waals surface area contributed by atoms with E-state index in [4.69, 9.17) is 10.5 Å². The van der Waals surface area contributed by atoms with Crippen LogP contribution in [0.15, 0.2) is 54.6 Å². The number of fused-ring (bicyclic) bond motifs is 1. The van der Waals surface area contributed by atoms with Crippen molar-refractivity contribution in [3.05, 3.63) is 65.0 Å². The fourth-order valence-electron chi connectivity index (χ4n) is 2.23. The highest BCUT2D eigenvalue weighted by Crippen LogP contribution is 2.34. The molecule has 96 valence electrons. The number of thiophene rings is 1. The van der Waals surface area contributed by atoms with E-state index in [1.807, 2.05) is 30.3 Å². The van der Waals surface area contributed by atoms with E-state index < -0.39 is 0 Å². The molecule has 3 aromatic rings. The Hall–Kier alpha value is -1.84. The second-order valence-corrected chi connectivity index (χ2v) is 5.52. The van der Waals surface area contributed by atoms with Crippen molar-refractivity contribution in [1.82, 2.24) is 0 Å². The summed E-state index contributed by atoms with van der Waals surface area (Å²) in [4.78, 5) is 1.16. The molecule has 2 aromatic carbocycles. The van der Waals surface area contributed by atoms with E-state index in [1.54, 1.807) is 18.4 Å². The Morgan fingerprint density at radius 1 is 1.05 bits per heavy atom. The minimum absolute atomic E-state index is 0.145. The summed E-state index contributed by atoms with van der Waals surface area (Å²) in [5.74, 6) is 0.840. The van der Waals surface area contributed by atoms with Gasteiger partial charge >= 0.3 is 0 Å². The SMILES string of the molecule is COc1ccccc1C(N)c1cc2ccccc2s1. The molecule has 0 bridgehead atoms. The van der Waals surface area contributed by atoms with Crippen molar-refractivity contribution >= 4 is 21.4 Å². The minimum atomic E-state index is -0.145. The summed E-state index contributed by atoms with van der Waals surface area (Å²) in [6.45, 7) is 0. The summed E-state index contributed by atoms with van der Waals surface area (Å²) in [6.07, 6.45) is 0. The summed E-state index contributed by atoms with van der Waals surface area (Å²) in [6, 6.07) is 18.3. The first kappa shape index (κ1) is 12.2. The van der Waals surface area contributed by atoms with Crippen molar-refractivity contribution in [2.24, 2.45) is 5.73 Å². The van der Waals surface area contributed by atoms with Crippen LogP contribution in [0, 0.1) is 0 Å². The zero-order valence-corrected chi connectivity index (χ0v) is 11.5. The van der Waals surface area contributed by atoms with Gasteiger partial charge in [-0.1, -0.05) is 36.4 Å². The highest BCUT2D eigenvalue weighted by atomic mass is 32.1. The Morgan fingerprint density at radius 3 is 2.58 bits per heavy atom. The highest BCUT2D eigenvalue weighted by molar-refractivity contribution is 7.19. The lowest BCUT2D eigenvalue weighted by Crippen LogP contribution is -2.11. The number of benzene rings is 2. The van der Waals surface area contributed by atoms with Crippen LogP contribution in [0.25, 0.3) is 10.1 Å². The number of methoxy groups -OCH3 is 1. The summed E-state index contributed by atoms with van der Waals surface area (Å²) in [5, 5.41) is 1.24. The monoisotopic (exact) mass is 269 g/mol. The van der Waals surface area contributed by atoms with Gasteiger partial charge in [0, 0.05) is 15.1 Å². The predicted molar refractivity (Wildman–Crippen MR) is 80.8 cm³/mol. The number of hydrogen-bond acceptors (Lipinski definition) is 3. The number of ether oxygens (including phenoxy) is 1. The summed E-state index contributed by atoms with van der Waals surface area (Å²) in [7, 11) is 1.68. The summed E-state index contributed by atoms with van der Waals surface area (Å²) in [5.41, 5.74) is 7.41. The molecule has 0 amide bonds. The predicted octanol–water partition coefficient (Wildman–Crippen LogP) is 3.96. The van der Waals surface area contributed by atoms with Gasteiger partial charge in [-0.15, -0.1) is 11.3 Å². The molecule has 1 aromatic heterocycles. The first-order valence-electron chi connectivity index (χ1n) is 6.16. The van der Waals surface area contributed by atoms with E-state index in [-0.39, 0.29) is 6.04 Å². The summed E-state index contributed by atoms with van der Waals surface area (Å²) < 4.78 is 6.65. The Balaban J connectivity index is 2.05. The van der Waals surface area contributed by atoms with Crippen LogP contribution in [0.4, 0.5) is 0 Å². The number of rotatable bonds is 3. The standard InChI is InChI=1S/C16H15NOS/c1-18-13-8-4-3-7-12(13)16(17)15-10-11-6-2-5-9-14(11)19-15/h2-10,16H,17H2,1H3. The van der Waals surface area contributed by atoms with Crippen molar-refractivity contribution in [3.8, 4) is 5.75 Å². The molecule has 0 saturated heterocycles. The van der Waals surface area contributed by atoms with Gasteiger partial charge in [-0.25, -0.2) is 0 Å². The van der Waals surface area contributed by atoms with Crippen LogP contribution >= 0.6 is 11.3 Å². The molecule has 2 N–H and O–H groups in total. The van der Waals surface area contributed by atoms with Crippen molar-refractivity contribution in [2.45, 2.75) is 6.04 Å². The van der Waals surface area contributed by atoms with Crippen LogP contribution in [-0.4, -0.2) is 7.11 Å². The molecule has 0 spiro atoms. The lowest BCUT2D eigenvalue weighted by Gasteiger charge is -2.13. The van der Waals surface area contributed by atoms with E-state index in [1.165, 1.54) is 10.1 Å². The minimum Gasteiger partial charge on any atom is -0.496 e. The van der Waals surface area contributed by atoms with E-state index in [2.05, 4.69) is 24.3 Å². The molecule has 0 saturated carbocycles. The van der Waals surface area contributed by atoms with Crippen LogP contribution in [-0.2, 0) is 0 Å². The Bertz CT molecular complexity index is 672. The van der Waals surface area contributed by atoms with Crippen LogP contribution in [0.5, 0.6) is 5.75 Å². The molecule has 0 aliphatic carbocycles. The topological polar surface area (TPSA) is 35.2 Å². The molecule has 3 rings (SSSR count). The van der Waals surface area contributed by atoms with Gasteiger partial charge in [0.2, 0.25) is 0 Å². The van der Waals surface area contributed by atoms with Gasteiger partial charge in [0.25, 0.3) is 0 Å². The molecule has 1 unspecified atom stereocenters. The molecule has 19 heavy (non-hydrogen) atoms. The van der Waals surface area contributed by atoms with Crippen LogP contribution in [0.2, 0.25) is 0 Å². The Kier molecular flexibility index (Phi) is 3.23. The lowest BCUT2D eigenvalue weighted by atomic mass is 10.0. The van der Waals surface area contributed by atoms with Crippen molar-refractivity contribution in [1.29, 1.82) is 0 Å². The van der Waals surface area contributed by atoms with Crippen molar-refractivity contribution in [2.75, 3.05) is 7.11 Å². The van der Waals surface area contributed by atoms with Crippen molar-refractivity contribution in [3.63, 3.8) is 0 Å². The van der Waals surface area contributed by atoms with Gasteiger partial charge in [-0.2, -0.15) is 0 Å².